The molecule has 29 heavy (non-hydrogen) atoms. The number of hydrogen-bond donors (Lipinski definition) is 0. The fraction of sp³-hybridized carbons (Fsp3) is 0.250. The Hall–Kier alpha value is -2.93. The first kappa shape index (κ1) is 19.4. The van der Waals surface area contributed by atoms with Crippen molar-refractivity contribution in [3.05, 3.63) is 102 Å². The molecule has 0 saturated carbocycles. The molecule has 0 aliphatic rings. The Morgan fingerprint density at radius 3 is 2.24 bits per heavy atom. The lowest BCUT2D eigenvalue weighted by atomic mass is 9.87. The van der Waals surface area contributed by atoms with Crippen LogP contribution in [0, 0.1) is 0 Å². The molecular weight excluding hydrogens is 350 g/mol. The van der Waals surface area contributed by atoms with Crippen LogP contribution in [0.15, 0.2) is 85.1 Å². The van der Waals surface area contributed by atoms with Crippen molar-refractivity contribution in [2.24, 2.45) is 0 Å². The molecule has 1 unspecified atom stereocenters. The molecule has 4 aromatic rings. The third-order valence-electron chi connectivity index (χ3n) is 5.84. The average molecular weight is 380 g/mol. The van der Waals surface area contributed by atoms with E-state index in [9.17, 15) is 0 Å². The number of nitrogens with zero attached hydrogens (tertiary/aromatic N) is 1. The molecule has 4 rings (SSSR count). The maximum atomic E-state index is 4.73. The molecule has 0 aliphatic carbocycles. The van der Waals surface area contributed by atoms with Crippen LogP contribution in [-0.2, 0) is 6.42 Å². The predicted molar refractivity (Wildman–Crippen MR) is 124 cm³/mol. The summed E-state index contributed by atoms with van der Waals surface area (Å²) in [4.78, 5) is 4.73. The highest BCUT2D eigenvalue weighted by Crippen LogP contribution is 2.34. The third-order valence-corrected chi connectivity index (χ3v) is 5.84. The minimum absolute atomic E-state index is 0.565. The number of hydrogen-bond acceptors (Lipinski definition) is 1. The second kappa shape index (κ2) is 9.05. The number of pyridine rings is 1. The van der Waals surface area contributed by atoms with Gasteiger partial charge >= 0.3 is 0 Å². The van der Waals surface area contributed by atoms with Gasteiger partial charge in [0, 0.05) is 11.6 Å². The monoisotopic (exact) mass is 379 g/mol. The van der Waals surface area contributed by atoms with Crippen LogP contribution >= 0.6 is 0 Å². The number of benzene rings is 3. The Morgan fingerprint density at radius 2 is 1.52 bits per heavy atom. The van der Waals surface area contributed by atoms with Crippen LogP contribution < -0.4 is 0 Å². The quantitative estimate of drug-likeness (QED) is 0.319. The Balaban J connectivity index is 1.70. The van der Waals surface area contributed by atoms with Crippen LogP contribution in [0.2, 0.25) is 0 Å². The highest BCUT2D eigenvalue weighted by Gasteiger charge is 2.15. The number of fused-ring (bicyclic) bond motifs is 1. The van der Waals surface area contributed by atoms with E-state index in [1.54, 1.807) is 0 Å². The van der Waals surface area contributed by atoms with Crippen molar-refractivity contribution >= 4 is 10.9 Å². The fourth-order valence-corrected chi connectivity index (χ4v) is 4.27. The van der Waals surface area contributed by atoms with E-state index in [0.29, 0.717) is 5.92 Å². The summed E-state index contributed by atoms with van der Waals surface area (Å²) in [7, 11) is 0. The zero-order valence-electron chi connectivity index (χ0n) is 17.4. The van der Waals surface area contributed by atoms with Gasteiger partial charge in [-0.1, -0.05) is 80.9 Å². The maximum absolute atomic E-state index is 4.73. The predicted octanol–water partition coefficient (Wildman–Crippen LogP) is 7.79. The molecular formula is C28H29N. The van der Waals surface area contributed by atoms with E-state index in [2.05, 4.69) is 86.6 Å². The van der Waals surface area contributed by atoms with Gasteiger partial charge in [0.05, 0.1) is 5.52 Å². The average Bonchev–Trinajstić information content (AvgIpc) is 2.78. The lowest BCUT2D eigenvalue weighted by Gasteiger charge is -2.18. The minimum Gasteiger partial charge on any atom is -0.256 e. The highest BCUT2D eigenvalue weighted by atomic mass is 14.7. The molecule has 0 amide bonds. The molecule has 1 heterocycles. The summed E-state index contributed by atoms with van der Waals surface area (Å²) < 4.78 is 0. The van der Waals surface area contributed by atoms with Crippen molar-refractivity contribution in [1.82, 2.24) is 4.98 Å². The van der Waals surface area contributed by atoms with E-state index in [-0.39, 0.29) is 0 Å². The molecule has 0 radical (unpaired) electrons. The highest BCUT2D eigenvalue weighted by molar-refractivity contribution is 5.87. The van der Waals surface area contributed by atoms with Crippen molar-refractivity contribution in [2.75, 3.05) is 0 Å². The largest absolute Gasteiger partial charge is 0.256 e. The lowest BCUT2D eigenvalue weighted by Crippen LogP contribution is -2.00. The van der Waals surface area contributed by atoms with Crippen LogP contribution in [0.3, 0.4) is 0 Å². The second-order valence-corrected chi connectivity index (χ2v) is 7.89. The molecule has 1 atom stereocenters. The molecule has 0 bridgehead atoms. The minimum atomic E-state index is 0.565. The SMILES string of the molecule is CCCC(CC)c1cc(-c2ccc(Cc3ccccc3)cc2)cc2cccnc12. The zero-order valence-corrected chi connectivity index (χ0v) is 17.4. The van der Waals surface area contributed by atoms with Gasteiger partial charge in [-0.05, 0) is 71.2 Å². The summed E-state index contributed by atoms with van der Waals surface area (Å²) in [6.45, 7) is 4.56. The Kier molecular flexibility index (Phi) is 6.05. The first-order valence-electron chi connectivity index (χ1n) is 10.8. The topological polar surface area (TPSA) is 12.9 Å². The van der Waals surface area contributed by atoms with Gasteiger partial charge in [-0.2, -0.15) is 0 Å². The van der Waals surface area contributed by atoms with E-state index in [1.165, 1.54) is 46.0 Å². The fourth-order valence-electron chi connectivity index (χ4n) is 4.27. The van der Waals surface area contributed by atoms with E-state index in [1.807, 2.05) is 12.3 Å². The van der Waals surface area contributed by atoms with Gasteiger partial charge in [-0.25, -0.2) is 0 Å². The molecule has 1 nitrogen and oxygen atoms in total. The smallest absolute Gasteiger partial charge is 0.0737 e. The summed E-state index contributed by atoms with van der Waals surface area (Å²) in [6, 6.07) is 28.6. The lowest BCUT2D eigenvalue weighted by molar-refractivity contribution is 0.599. The van der Waals surface area contributed by atoms with Crippen LogP contribution in [0.25, 0.3) is 22.0 Å². The Bertz CT molecular complexity index is 1060. The van der Waals surface area contributed by atoms with Crippen LogP contribution in [0.4, 0.5) is 0 Å². The molecule has 146 valence electrons. The third kappa shape index (κ3) is 4.40. The molecule has 0 fully saturated rings. The van der Waals surface area contributed by atoms with Crippen molar-refractivity contribution in [3.63, 3.8) is 0 Å². The summed E-state index contributed by atoms with van der Waals surface area (Å²) >= 11 is 0. The summed E-state index contributed by atoms with van der Waals surface area (Å²) in [5.74, 6) is 0.565. The van der Waals surface area contributed by atoms with Crippen LogP contribution in [-0.4, -0.2) is 4.98 Å². The van der Waals surface area contributed by atoms with Crippen LogP contribution in [0.1, 0.15) is 55.7 Å². The summed E-state index contributed by atoms with van der Waals surface area (Å²) in [5.41, 5.74) is 7.83. The van der Waals surface area contributed by atoms with Crippen molar-refractivity contribution in [2.45, 2.75) is 45.4 Å². The second-order valence-electron chi connectivity index (χ2n) is 7.89. The molecule has 0 spiro atoms. The van der Waals surface area contributed by atoms with Crippen molar-refractivity contribution in [1.29, 1.82) is 0 Å². The Morgan fingerprint density at radius 1 is 0.759 bits per heavy atom. The van der Waals surface area contributed by atoms with E-state index in [0.717, 1.165) is 18.4 Å². The maximum Gasteiger partial charge on any atom is 0.0737 e. The van der Waals surface area contributed by atoms with Gasteiger partial charge in [0.2, 0.25) is 0 Å². The van der Waals surface area contributed by atoms with E-state index in [4.69, 9.17) is 4.98 Å². The molecule has 0 aliphatic heterocycles. The van der Waals surface area contributed by atoms with Gasteiger partial charge in [0.25, 0.3) is 0 Å². The molecule has 3 aromatic carbocycles. The summed E-state index contributed by atoms with van der Waals surface area (Å²) in [5, 5.41) is 1.24. The normalized spacial score (nSPS) is 12.2. The molecule has 1 aromatic heterocycles. The molecule has 1 heteroatoms. The standard InChI is InChI=1S/C28H29N/c1-3-9-23(4-2)27-20-26(19-25-12-8-17-29-28(25)27)24-15-13-22(14-16-24)18-21-10-6-5-7-11-21/h5-8,10-17,19-20,23H,3-4,9,18H2,1-2H3. The first-order chi connectivity index (χ1) is 14.3. The van der Waals surface area contributed by atoms with Crippen LogP contribution in [0.5, 0.6) is 0 Å². The van der Waals surface area contributed by atoms with Gasteiger partial charge in [0.1, 0.15) is 0 Å². The molecule has 0 saturated heterocycles. The van der Waals surface area contributed by atoms with Gasteiger partial charge in [0.15, 0.2) is 0 Å². The number of aromatic nitrogens is 1. The van der Waals surface area contributed by atoms with Gasteiger partial charge < -0.3 is 0 Å². The summed E-state index contributed by atoms with van der Waals surface area (Å²) in [6.07, 6.45) is 6.46. The van der Waals surface area contributed by atoms with Crippen molar-refractivity contribution < 1.29 is 0 Å². The van der Waals surface area contributed by atoms with E-state index < -0.39 is 0 Å². The first-order valence-corrected chi connectivity index (χ1v) is 10.8. The zero-order chi connectivity index (χ0) is 20.1. The van der Waals surface area contributed by atoms with E-state index >= 15 is 0 Å². The number of rotatable bonds is 7. The Labute approximate surface area is 174 Å². The molecule has 0 N–H and O–H groups in total. The van der Waals surface area contributed by atoms with Gasteiger partial charge in [-0.15, -0.1) is 0 Å². The van der Waals surface area contributed by atoms with Crippen molar-refractivity contribution in [3.8, 4) is 11.1 Å². The van der Waals surface area contributed by atoms with Gasteiger partial charge in [-0.3, -0.25) is 4.98 Å².